The standard InChI is InChI=1S/C24H20P.C5H5.Fe/c1-19-11-10-17-22(19)23-16-8-9-18-24(23)25(20-12-4-2-5-13-20)21-14-6-3-7-15-21;1-2-4-5-3-1;/h2-18H,1H3;1-5H;/q-1;-5;. The molecule has 2 heteroatoms. The van der Waals surface area contributed by atoms with E-state index in [1.165, 1.54) is 32.6 Å². The fourth-order valence-corrected chi connectivity index (χ4v) is 6.08. The average Bonchev–Trinajstić information content (AvgIpc) is 3.51. The van der Waals surface area contributed by atoms with Crippen molar-refractivity contribution in [3.8, 4) is 11.1 Å². The van der Waals surface area contributed by atoms with E-state index in [4.69, 9.17) is 0 Å². The van der Waals surface area contributed by atoms with Crippen LogP contribution in [0.15, 0.2) is 133 Å². The predicted molar refractivity (Wildman–Crippen MR) is 133 cm³/mol. The summed E-state index contributed by atoms with van der Waals surface area (Å²) in [7, 11) is -0.584. The number of rotatable bonds is 4. The molecular formula is C29H25FeP-6. The minimum absolute atomic E-state index is 0. The number of aryl methyl sites for hydroxylation is 1. The number of benzene rings is 3. The topological polar surface area (TPSA) is 0 Å². The van der Waals surface area contributed by atoms with Crippen LogP contribution < -0.4 is 15.9 Å². The van der Waals surface area contributed by atoms with Gasteiger partial charge in [0, 0.05) is 17.1 Å². The maximum absolute atomic E-state index is 2.30. The van der Waals surface area contributed by atoms with Crippen LogP contribution in [0.25, 0.3) is 11.1 Å². The van der Waals surface area contributed by atoms with Gasteiger partial charge in [0.05, 0.1) is 0 Å². The van der Waals surface area contributed by atoms with Crippen LogP contribution in [-0.4, -0.2) is 0 Å². The molecule has 0 heterocycles. The number of hydrogen-bond donors (Lipinski definition) is 0. The Balaban J connectivity index is 0.000000401. The van der Waals surface area contributed by atoms with Gasteiger partial charge < -0.3 is 30.3 Å². The Morgan fingerprint density at radius 2 is 1.06 bits per heavy atom. The van der Waals surface area contributed by atoms with Crippen LogP contribution in [0.1, 0.15) is 5.56 Å². The van der Waals surface area contributed by atoms with E-state index in [-0.39, 0.29) is 17.1 Å². The van der Waals surface area contributed by atoms with Gasteiger partial charge in [-0.1, -0.05) is 97.4 Å². The molecule has 31 heavy (non-hydrogen) atoms. The quantitative estimate of drug-likeness (QED) is 0.162. The van der Waals surface area contributed by atoms with E-state index in [0.717, 1.165) is 0 Å². The van der Waals surface area contributed by atoms with Crippen molar-refractivity contribution in [2.75, 3.05) is 0 Å². The van der Waals surface area contributed by atoms with Gasteiger partial charge in [-0.3, -0.25) is 0 Å². The second-order valence-corrected chi connectivity index (χ2v) is 9.29. The van der Waals surface area contributed by atoms with Gasteiger partial charge in [0.2, 0.25) is 0 Å². The van der Waals surface area contributed by atoms with Crippen molar-refractivity contribution in [2.24, 2.45) is 0 Å². The largest absolute Gasteiger partial charge is 0.748 e. The molecule has 5 aromatic carbocycles. The van der Waals surface area contributed by atoms with Crippen molar-refractivity contribution >= 4 is 23.8 Å². The Labute approximate surface area is 197 Å². The average molecular weight is 460 g/mol. The second-order valence-electron chi connectivity index (χ2n) is 7.11. The Kier molecular flexibility index (Phi) is 8.63. The van der Waals surface area contributed by atoms with Crippen LogP contribution >= 0.6 is 7.92 Å². The third-order valence-electron chi connectivity index (χ3n) is 5.05. The van der Waals surface area contributed by atoms with Gasteiger partial charge in [-0.2, -0.15) is 18.2 Å². The molecule has 0 atom stereocenters. The fraction of sp³-hybridized carbons (Fsp3) is 0.0345. The van der Waals surface area contributed by atoms with Crippen LogP contribution in [0, 0.1) is 6.92 Å². The molecule has 5 rings (SSSR count). The van der Waals surface area contributed by atoms with Crippen LogP contribution in [0.4, 0.5) is 0 Å². The minimum Gasteiger partial charge on any atom is -0.748 e. The van der Waals surface area contributed by atoms with E-state index in [0.29, 0.717) is 0 Å². The van der Waals surface area contributed by atoms with E-state index in [9.17, 15) is 0 Å². The maximum atomic E-state index is 2.30. The maximum Gasteiger partial charge on any atom is 0 e. The van der Waals surface area contributed by atoms with Gasteiger partial charge in [-0.15, -0.1) is 11.1 Å². The first-order chi connectivity index (χ1) is 14.8. The van der Waals surface area contributed by atoms with Crippen LogP contribution in [-0.2, 0) is 17.1 Å². The van der Waals surface area contributed by atoms with E-state index in [1.807, 2.05) is 30.3 Å². The molecule has 0 nitrogen and oxygen atoms in total. The summed E-state index contributed by atoms with van der Waals surface area (Å²) >= 11 is 0. The molecule has 0 saturated carbocycles. The summed E-state index contributed by atoms with van der Waals surface area (Å²) in [6.45, 7) is 2.19. The van der Waals surface area contributed by atoms with Crippen molar-refractivity contribution < 1.29 is 17.1 Å². The first-order valence-corrected chi connectivity index (χ1v) is 11.6. The van der Waals surface area contributed by atoms with Crippen molar-refractivity contribution in [3.05, 3.63) is 139 Å². The van der Waals surface area contributed by atoms with Crippen LogP contribution in [0.2, 0.25) is 0 Å². The van der Waals surface area contributed by atoms with Gasteiger partial charge in [0.1, 0.15) is 0 Å². The van der Waals surface area contributed by atoms with Crippen molar-refractivity contribution in [1.82, 2.24) is 0 Å². The summed E-state index contributed by atoms with van der Waals surface area (Å²) in [5, 5.41) is 4.20. The van der Waals surface area contributed by atoms with Crippen molar-refractivity contribution in [1.29, 1.82) is 0 Å². The Morgan fingerprint density at radius 3 is 1.55 bits per heavy atom. The molecule has 0 radical (unpaired) electrons. The van der Waals surface area contributed by atoms with Gasteiger partial charge in [0.25, 0.3) is 0 Å². The normalized spacial score (nSPS) is 10.1. The summed E-state index contributed by atoms with van der Waals surface area (Å²) in [6, 6.07) is 47.2. The molecule has 5 aromatic rings. The van der Waals surface area contributed by atoms with Crippen molar-refractivity contribution in [2.45, 2.75) is 6.92 Å². The molecule has 0 aliphatic rings. The van der Waals surface area contributed by atoms with E-state index in [2.05, 4.69) is 110 Å². The third kappa shape index (κ3) is 5.72. The second kappa shape index (κ2) is 11.6. The first-order valence-electron chi connectivity index (χ1n) is 10.2. The molecule has 0 N–H and O–H groups in total. The van der Waals surface area contributed by atoms with Gasteiger partial charge in [0.15, 0.2) is 0 Å². The number of hydrogen-bond acceptors (Lipinski definition) is 0. The Morgan fingerprint density at radius 1 is 0.581 bits per heavy atom. The van der Waals surface area contributed by atoms with Crippen LogP contribution in [0.3, 0.4) is 0 Å². The van der Waals surface area contributed by atoms with Gasteiger partial charge in [-0.05, 0) is 23.8 Å². The molecule has 0 unspecified atom stereocenters. The van der Waals surface area contributed by atoms with E-state index >= 15 is 0 Å². The third-order valence-corrected chi connectivity index (χ3v) is 7.55. The van der Waals surface area contributed by atoms with Crippen LogP contribution in [0.5, 0.6) is 0 Å². The summed E-state index contributed by atoms with van der Waals surface area (Å²) in [6.07, 6.45) is 0. The molecule has 0 amide bonds. The molecule has 0 fully saturated rings. The summed E-state index contributed by atoms with van der Waals surface area (Å²) < 4.78 is 0. The molecule has 0 saturated heterocycles. The first kappa shape index (κ1) is 23.0. The zero-order chi connectivity index (χ0) is 20.6. The molecule has 0 aliphatic heterocycles. The fourth-order valence-electron chi connectivity index (χ4n) is 3.61. The monoisotopic (exact) mass is 460 g/mol. The summed E-state index contributed by atoms with van der Waals surface area (Å²) in [5.74, 6) is 0. The molecule has 160 valence electrons. The zero-order valence-electron chi connectivity index (χ0n) is 17.5. The van der Waals surface area contributed by atoms with E-state index in [1.54, 1.807) is 0 Å². The summed E-state index contributed by atoms with van der Waals surface area (Å²) in [4.78, 5) is 0. The smallest absolute Gasteiger partial charge is 0 e. The zero-order valence-corrected chi connectivity index (χ0v) is 19.5. The summed E-state index contributed by atoms with van der Waals surface area (Å²) in [5.41, 5.74) is 4.03. The Bertz CT molecular complexity index is 1090. The van der Waals surface area contributed by atoms with Gasteiger partial charge in [-0.25, -0.2) is 0 Å². The van der Waals surface area contributed by atoms with E-state index < -0.39 is 7.92 Å². The minimum atomic E-state index is -0.584. The molecule has 0 bridgehead atoms. The van der Waals surface area contributed by atoms with Gasteiger partial charge >= 0.3 is 0 Å². The predicted octanol–water partition coefficient (Wildman–Crippen LogP) is 6.54. The molecule has 0 aromatic heterocycles. The Hall–Kier alpha value is -2.69. The molecular weight excluding hydrogens is 435 g/mol. The van der Waals surface area contributed by atoms with Crippen molar-refractivity contribution in [3.63, 3.8) is 0 Å². The molecule has 0 aliphatic carbocycles. The molecule has 0 spiro atoms. The SMILES string of the molecule is C[c-]1cccc1-c1ccccc1P(c1ccccc1)c1ccccc1.[Fe].[cH-]1[cH-][cH-][cH-][cH-]1.